The van der Waals surface area contributed by atoms with Gasteiger partial charge in [0.25, 0.3) is 0 Å². The minimum absolute atomic E-state index is 0.0212. The van der Waals surface area contributed by atoms with Crippen molar-refractivity contribution >= 4 is 0 Å². The van der Waals surface area contributed by atoms with Gasteiger partial charge in [0.2, 0.25) is 0 Å². The van der Waals surface area contributed by atoms with Crippen molar-refractivity contribution in [2.45, 2.75) is 6.18 Å². The van der Waals surface area contributed by atoms with Crippen LogP contribution in [0.3, 0.4) is 0 Å². The van der Waals surface area contributed by atoms with E-state index in [1.807, 2.05) is 0 Å². The minimum Gasteiger partial charge on any atom is -0.456 e. The first-order valence-corrected chi connectivity index (χ1v) is 5.45. The second-order valence-electron chi connectivity index (χ2n) is 3.88. The molecular formula is C14H7F4NO. The maximum absolute atomic E-state index is 12.7. The molecule has 0 saturated carbocycles. The number of nitriles is 1. The van der Waals surface area contributed by atoms with Crippen molar-refractivity contribution in [3.05, 3.63) is 59.4 Å². The summed E-state index contributed by atoms with van der Waals surface area (Å²) < 4.78 is 55.5. The predicted molar refractivity (Wildman–Crippen MR) is 62.6 cm³/mol. The zero-order valence-corrected chi connectivity index (χ0v) is 9.91. The first-order chi connectivity index (χ1) is 9.40. The molecule has 0 aliphatic rings. The third-order valence-electron chi connectivity index (χ3n) is 2.47. The van der Waals surface area contributed by atoms with Gasteiger partial charge in [-0.15, -0.1) is 0 Å². The lowest BCUT2D eigenvalue weighted by Crippen LogP contribution is -2.05. The van der Waals surface area contributed by atoms with Gasteiger partial charge in [0.15, 0.2) is 0 Å². The summed E-state index contributed by atoms with van der Waals surface area (Å²) in [5.41, 5.74) is -1.18. The molecule has 0 N–H and O–H groups in total. The molecule has 0 aromatic heterocycles. The highest BCUT2D eigenvalue weighted by atomic mass is 19.4. The number of ether oxygens (including phenoxy) is 1. The Bertz CT molecular complexity index is 656. The molecule has 0 amide bonds. The lowest BCUT2D eigenvalue weighted by Gasteiger charge is -2.10. The van der Waals surface area contributed by atoms with E-state index in [2.05, 4.69) is 0 Å². The van der Waals surface area contributed by atoms with Gasteiger partial charge in [-0.25, -0.2) is 4.39 Å². The van der Waals surface area contributed by atoms with Gasteiger partial charge in [0.05, 0.1) is 11.1 Å². The third kappa shape index (κ3) is 3.06. The molecule has 0 aliphatic carbocycles. The Morgan fingerprint density at radius 3 is 2.20 bits per heavy atom. The number of benzene rings is 2. The van der Waals surface area contributed by atoms with Crippen molar-refractivity contribution in [2.24, 2.45) is 0 Å². The van der Waals surface area contributed by atoms with E-state index in [9.17, 15) is 17.6 Å². The zero-order valence-electron chi connectivity index (χ0n) is 9.91. The number of nitrogens with zero attached hydrogens (tertiary/aromatic N) is 1. The Kier molecular flexibility index (Phi) is 3.61. The standard InChI is InChI=1S/C14H7F4NO/c15-11-2-4-12(5-3-11)20-13-6-1-10(14(16,17)18)7-9(13)8-19/h1-7H. The molecule has 0 spiro atoms. The van der Waals surface area contributed by atoms with Crippen LogP contribution in [0.1, 0.15) is 11.1 Å². The van der Waals surface area contributed by atoms with Crippen LogP contribution in [0.25, 0.3) is 0 Å². The average Bonchev–Trinajstić information content (AvgIpc) is 2.40. The first kappa shape index (κ1) is 13.9. The SMILES string of the molecule is N#Cc1cc(C(F)(F)F)ccc1Oc1ccc(F)cc1. The Morgan fingerprint density at radius 1 is 1.00 bits per heavy atom. The van der Waals surface area contributed by atoms with Gasteiger partial charge < -0.3 is 4.74 Å². The number of halogens is 4. The Morgan fingerprint density at radius 2 is 1.65 bits per heavy atom. The highest BCUT2D eigenvalue weighted by Gasteiger charge is 2.31. The topological polar surface area (TPSA) is 33.0 Å². The van der Waals surface area contributed by atoms with Crippen LogP contribution < -0.4 is 4.74 Å². The van der Waals surface area contributed by atoms with E-state index in [0.29, 0.717) is 6.07 Å². The fourth-order valence-electron chi connectivity index (χ4n) is 1.51. The molecule has 2 aromatic carbocycles. The van der Waals surface area contributed by atoms with Crippen LogP contribution >= 0.6 is 0 Å². The van der Waals surface area contributed by atoms with Crippen LogP contribution in [0.2, 0.25) is 0 Å². The summed E-state index contributed by atoms with van der Waals surface area (Å²) in [6.45, 7) is 0. The fraction of sp³-hybridized carbons (Fsp3) is 0.0714. The summed E-state index contributed by atoms with van der Waals surface area (Å²) >= 11 is 0. The molecule has 2 nitrogen and oxygen atoms in total. The molecule has 0 radical (unpaired) electrons. The van der Waals surface area contributed by atoms with Gasteiger partial charge in [0.1, 0.15) is 23.4 Å². The van der Waals surface area contributed by atoms with Gasteiger partial charge in [-0.1, -0.05) is 0 Å². The number of rotatable bonds is 2. The van der Waals surface area contributed by atoms with E-state index in [-0.39, 0.29) is 17.1 Å². The predicted octanol–water partition coefficient (Wildman–Crippen LogP) is 4.51. The normalized spacial score (nSPS) is 10.9. The second kappa shape index (κ2) is 5.21. The van der Waals surface area contributed by atoms with Crippen molar-refractivity contribution in [3.8, 4) is 17.6 Å². The Labute approximate surface area is 111 Å². The maximum atomic E-state index is 12.7. The molecular weight excluding hydrogens is 274 g/mol. The summed E-state index contributed by atoms with van der Waals surface area (Å²) in [6.07, 6.45) is -4.53. The molecule has 0 atom stereocenters. The minimum atomic E-state index is -4.53. The maximum Gasteiger partial charge on any atom is 0.416 e. The van der Waals surface area contributed by atoms with Crippen LogP contribution in [0, 0.1) is 17.1 Å². The first-order valence-electron chi connectivity index (χ1n) is 5.45. The van der Waals surface area contributed by atoms with E-state index >= 15 is 0 Å². The van der Waals surface area contributed by atoms with E-state index < -0.39 is 17.6 Å². The summed E-state index contributed by atoms with van der Waals surface area (Å²) in [7, 11) is 0. The lowest BCUT2D eigenvalue weighted by molar-refractivity contribution is -0.137. The number of hydrogen-bond acceptors (Lipinski definition) is 2. The molecule has 2 rings (SSSR count). The highest BCUT2D eigenvalue weighted by Crippen LogP contribution is 2.33. The van der Waals surface area contributed by atoms with Crippen LogP contribution in [0.5, 0.6) is 11.5 Å². The monoisotopic (exact) mass is 281 g/mol. The van der Waals surface area contributed by atoms with E-state index in [4.69, 9.17) is 10.00 Å². The van der Waals surface area contributed by atoms with Crippen LogP contribution in [0.4, 0.5) is 17.6 Å². The van der Waals surface area contributed by atoms with E-state index in [1.54, 1.807) is 6.07 Å². The summed E-state index contributed by atoms with van der Waals surface area (Å²) in [5.74, 6) is -0.264. The average molecular weight is 281 g/mol. The van der Waals surface area contributed by atoms with Crippen molar-refractivity contribution in [2.75, 3.05) is 0 Å². The van der Waals surface area contributed by atoms with Gasteiger partial charge in [0, 0.05) is 0 Å². The van der Waals surface area contributed by atoms with E-state index in [1.165, 1.54) is 12.1 Å². The van der Waals surface area contributed by atoms with Crippen molar-refractivity contribution < 1.29 is 22.3 Å². The van der Waals surface area contributed by atoms with Crippen molar-refractivity contribution in [3.63, 3.8) is 0 Å². The molecule has 0 saturated heterocycles. The van der Waals surface area contributed by atoms with Crippen molar-refractivity contribution in [1.29, 1.82) is 5.26 Å². The zero-order chi connectivity index (χ0) is 14.8. The second-order valence-corrected chi connectivity index (χ2v) is 3.88. The summed E-state index contributed by atoms with van der Waals surface area (Å²) in [6, 6.07) is 9.14. The molecule has 0 unspecified atom stereocenters. The van der Waals surface area contributed by atoms with Crippen LogP contribution in [-0.4, -0.2) is 0 Å². The molecule has 2 aromatic rings. The van der Waals surface area contributed by atoms with Gasteiger partial charge in [-0.2, -0.15) is 18.4 Å². The largest absolute Gasteiger partial charge is 0.456 e. The molecule has 0 aliphatic heterocycles. The summed E-state index contributed by atoms with van der Waals surface area (Å²) in [4.78, 5) is 0. The van der Waals surface area contributed by atoms with Crippen molar-refractivity contribution in [1.82, 2.24) is 0 Å². The van der Waals surface area contributed by atoms with Crippen LogP contribution in [-0.2, 0) is 6.18 Å². The Balaban J connectivity index is 2.33. The summed E-state index contributed by atoms with van der Waals surface area (Å²) in [5, 5.41) is 8.87. The van der Waals surface area contributed by atoms with Gasteiger partial charge >= 0.3 is 6.18 Å². The quantitative estimate of drug-likeness (QED) is 0.759. The highest BCUT2D eigenvalue weighted by molar-refractivity contribution is 5.48. The molecule has 0 fully saturated rings. The number of hydrogen-bond donors (Lipinski definition) is 0. The van der Waals surface area contributed by atoms with E-state index in [0.717, 1.165) is 24.3 Å². The molecule has 20 heavy (non-hydrogen) atoms. The molecule has 102 valence electrons. The smallest absolute Gasteiger partial charge is 0.416 e. The van der Waals surface area contributed by atoms with Gasteiger partial charge in [-0.3, -0.25) is 0 Å². The molecule has 6 heteroatoms. The lowest BCUT2D eigenvalue weighted by atomic mass is 10.1. The molecule has 0 heterocycles. The number of alkyl halides is 3. The Hall–Kier alpha value is -2.55. The van der Waals surface area contributed by atoms with Gasteiger partial charge in [-0.05, 0) is 42.5 Å². The third-order valence-corrected chi connectivity index (χ3v) is 2.47. The van der Waals surface area contributed by atoms with Crippen LogP contribution in [0.15, 0.2) is 42.5 Å². The molecule has 0 bridgehead atoms. The fourth-order valence-corrected chi connectivity index (χ4v) is 1.51.